The molecule has 0 radical (unpaired) electrons. The van der Waals surface area contributed by atoms with Crippen molar-refractivity contribution in [3.63, 3.8) is 0 Å². The van der Waals surface area contributed by atoms with Crippen molar-refractivity contribution in [1.29, 1.82) is 0 Å². The van der Waals surface area contributed by atoms with E-state index in [2.05, 4.69) is 56.4 Å². The van der Waals surface area contributed by atoms with Crippen molar-refractivity contribution in [1.82, 2.24) is 20.2 Å². The van der Waals surface area contributed by atoms with Gasteiger partial charge in [-0.05, 0) is 32.4 Å². The number of halogens is 1. The zero-order valence-corrected chi connectivity index (χ0v) is 20.7. The van der Waals surface area contributed by atoms with Crippen molar-refractivity contribution in [3.8, 4) is 0 Å². The summed E-state index contributed by atoms with van der Waals surface area (Å²) in [6.45, 7) is 10.9. The lowest BCUT2D eigenvalue weighted by molar-refractivity contribution is 0.0529. The number of guanidine groups is 1. The van der Waals surface area contributed by atoms with Crippen LogP contribution in [0.15, 0.2) is 28.7 Å². The fraction of sp³-hybridized carbons (Fsp3) is 0.550. The number of aryl methyl sites for hydroxylation is 1. The van der Waals surface area contributed by atoms with Gasteiger partial charge in [-0.25, -0.2) is 15.0 Å². The van der Waals surface area contributed by atoms with Crippen LogP contribution in [0.4, 0.5) is 5.82 Å². The van der Waals surface area contributed by atoms with Crippen molar-refractivity contribution in [3.05, 3.63) is 40.0 Å². The minimum Gasteiger partial charge on any atom is -0.375 e. The minimum atomic E-state index is 0. The molecule has 3 heterocycles. The number of nitrogens with zero attached hydrogens (tertiary/aromatic N) is 5. The van der Waals surface area contributed by atoms with Crippen molar-refractivity contribution in [2.45, 2.75) is 40.0 Å². The van der Waals surface area contributed by atoms with E-state index in [0.29, 0.717) is 6.54 Å². The molecule has 0 aliphatic carbocycles. The van der Waals surface area contributed by atoms with Gasteiger partial charge in [-0.15, -0.1) is 35.3 Å². The molecule has 160 valence electrons. The number of nitrogens with one attached hydrogen (secondary N) is 1. The Kier molecular flexibility index (Phi) is 9.57. The second kappa shape index (κ2) is 11.7. The molecule has 9 heteroatoms. The zero-order valence-electron chi connectivity index (χ0n) is 17.6. The number of rotatable bonds is 6. The first-order chi connectivity index (χ1) is 13.5. The first-order valence-electron chi connectivity index (χ1n) is 9.77. The van der Waals surface area contributed by atoms with Gasteiger partial charge in [0.05, 0.1) is 36.5 Å². The van der Waals surface area contributed by atoms with Gasteiger partial charge in [0.25, 0.3) is 0 Å². The molecule has 0 spiro atoms. The quantitative estimate of drug-likeness (QED) is 0.352. The van der Waals surface area contributed by atoms with E-state index >= 15 is 0 Å². The highest BCUT2D eigenvalue weighted by Crippen LogP contribution is 2.16. The van der Waals surface area contributed by atoms with Gasteiger partial charge in [0.15, 0.2) is 5.96 Å². The van der Waals surface area contributed by atoms with Gasteiger partial charge in [-0.3, -0.25) is 0 Å². The zero-order chi connectivity index (χ0) is 19.9. The predicted octanol–water partition coefficient (Wildman–Crippen LogP) is 3.29. The van der Waals surface area contributed by atoms with Gasteiger partial charge >= 0.3 is 0 Å². The average molecular weight is 530 g/mol. The van der Waals surface area contributed by atoms with Crippen molar-refractivity contribution in [2.24, 2.45) is 4.99 Å². The average Bonchev–Trinajstić information content (AvgIpc) is 3.10. The molecule has 2 aromatic rings. The van der Waals surface area contributed by atoms with E-state index in [1.165, 1.54) is 0 Å². The highest BCUT2D eigenvalue weighted by molar-refractivity contribution is 14.0. The molecule has 1 fully saturated rings. The van der Waals surface area contributed by atoms with Crippen LogP contribution in [0.3, 0.4) is 0 Å². The van der Waals surface area contributed by atoms with Gasteiger partial charge in [0.2, 0.25) is 0 Å². The number of aliphatic imine (C=N–C) groups is 1. The Morgan fingerprint density at radius 3 is 2.90 bits per heavy atom. The van der Waals surface area contributed by atoms with E-state index in [9.17, 15) is 0 Å². The van der Waals surface area contributed by atoms with E-state index in [1.54, 1.807) is 11.3 Å². The topological polar surface area (TPSA) is 65.9 Å². The fourth-order valence-corrected chi connectivity index (χ4v) is 3.76. The van der Waals surface area contributed by atoms with E-state index in [1.807, 2.05) is 20.2 Å². The van der Waals surface area contributed by atoms with Crippen LogP contribution in [0.25, 0.3) is 0 Å². The molecule has 1 aliphatic heterocycles. The predicted molar refractivity (Wildman–Crippen MR) is 130 cm³/mol. The van der Waals surface area contributed by atoms with Gasteiger partial charge in [0, 0.05) is 38.3 Å². The third kappa shape index (κ3) is 7.07. The van der Waals surface area contributed by atoms with Crippen LogP contribution >= 0.6 is 35.3 Å². The van der Waals surface area contributed by atoms with Crippen molar-refractivity contribution >= 4 is 47.1 Å². The summed E-state index contributed by atoms with van der Waals surface area (Å²) in [4.78, 5) is 18.3. The largest absolute Gasteiger partial charge is 0.375 e. The maximum absolute atomic E-state index is 5.60. The van der Waals surface area contributed by atoms with Crippen molar-refractivity contribution in [2.75, 3.05) is 38.2 Å². The summed E-state index contributed by atoms with van der Waals surface area (Å²) in [5.74, 6) is 1.88. The number of morpholine rings is 1. The summed E-state index contributed by atoms with van der Waals surface area (Å²) in [6, 6.07) is 4.19. The maximum atomic E-state index is 5.60. The summed E-state index contributed by atoms with van der Waals surface area (Å²) in [5, 5.41) is 6.55. The first-order valence-corrected chi connectivity index (χ1v) is 10.6. The summed E-state index contributed by atoms with van der Waals surface area (Å²) >= 11 is 1.68. The fourth-order valence-electron chi connectivity index (χ4n) is 3.16. The van der Waals surface area contributed by atoms with Crippen LogP contribution in [-0.4, -0.2) is 60.2 Å². The number of anilines is 1. The summed E-state index contributed by atoms with van der Waals surface area (Å²) in [7, 11) is 2.04. The van der Waals surface area contributed by atoms with Gasteiger partial charge in [-0.1, -0.05) is 6.07 Å². The van der Waals surface area contributed by atoms with E-state index < -0.39 is 0 Å². The lowest BCUT2D eigenvalue weighted by Crippen LogP contribution is -2.41. The summed E-state index contributed by atoms with van der Waals surface area (Å²) in [5.41, 5.74) is 2.17. The lowest BCUT2D eigenvalue weighted by atomic mass is 10.2. The second-order valence-corrected chi connectivity index (χ2v) is 8.10. The summed E-state index contributed by atoms with van der Waals surface area (Å²) in [6.07, 6.45) is 2.17. The standard InChI is InChI=1S/C20H30N6OS.HI/c1-5-21-20(25(4)13-18-14-28-16(3)24-18)23-11-17-6-7-19(22-10-17)26-8-9-27-15(2)12-26;/h6-7,10,14-15H,5,8-9,11-13H2,1-4H3,(H,21,23);1H. The van der Waals surface area contributed by atoms with Crippen LogP contribution in [0.1, 0.15) is 30.1 Å². The molecule has 29 heavy (non-hydrogen) atoms. The van der Waals surface area contributed by atoms with Gasteiger partial charge in [0.1, 0.15) is 5.82 Å². The third-order valence-corrected chi connectivity index (χ3v) is 5.37. The first kappa shape index (κ1) is 23.8. The molecular weight excluding hydrogens is 499 g/mol. The van der Waals surface area contributed by atoms with E-state index in [0.717, 1.165) is 60.8 Å². The number of hydrogen-bond acceptors (Lipinski definition) is 6. The molecule has 1 aliphatic rings. The number of aromatic nitrogens is 2. The van der Waals surface area contributed by atoms with Gasteiger partial charge in [-0.2, -0.15) is 0 Å². The molecule has 1 saturated heterocycles. The minimum absolute atomic E-state index is 0. The maximum Gasteiger partial charge on any atom is 0.194 e. The Morgan fingerprint density at radius 1 is 1.45 bits per heavy atom. The third-order valence-electron chi connectivity index (χ3n) is 4.55. The molecule has 0 aromatic carbocycles. The molecule has 0 amide bonds. The molecule has 0 bridgehead atoms. The molecule has 0 saturated carbocycles. The Morgan fingerprint density at radius 2 is 2.28 bits per heavy atom. The molecule has 1 unspecified atom stereocenters. The Bertz CT molecular complexity index is 782. The molecular formula is C20H31IN6OS. The molecule has 7 nitrogen and oxygen atoms in total. The number of hydrogen-bond donors (Lipinski definition) is 1. The smallest absolute Gasteiger partial charge is 0.194 e. The van der Waals surface area contributed by atoms with Gasteiger partial charge < -0.3 is 19.9 Å². The van der Waals surface area contributed by atoms with Crippen molar-refractivity contribution < 1.29 is 4.74 Å². The van der Waals surface area contributed by atoms with Crippen LogP contribution in [-0.2, 0) is 17.8 Å². The van der Waals surface area contributed by atoms with Crippen LogP contribution < -0.4 is 10.2 Å². The van der Waals surface area contributed by atoms with Crippen LogP contribution in [0, 0.1) is 6.92 Å². The van der Waals surface area contributed by atoms with E-state index in [4.69, 9.17) is 9.73 Å². The van der Waals surface area contributed by atoms with E-state index in [-0.39, 0.29) is 30.1 Å². The molecule has 2 aromatic heterocycles. The highest BCUT2D eigenvalue weighted by Gasteiger charge is 2.17. The highest BCUT2D eigenvalue weighted by atomic mass is 127. The Hall–Kier alpha value is -1.46. The SMILES string of the molecule is CCNC(=NCc1ccc(N2CCOC(C)C2)nc1)N(C)Cc1csc(C)n1.I. The number of ether oxygens (including phenoxy) is 1. The molecule has 3 rings (SSSR count). The summed E-state index contributed by atoms with van der Waals surface area (Å²) < 4.78 is 5.60. The molecule has 1 atom stereocenters. The Balaban J connectivity index is 0.00000300. The number of thiazole rings is 1. The molecule has 1 N–H and O–H groups in total. The number of pyridine rings is 1. The monoisotopic (exact) mass is 530 g/mol. The normalized spacial score (nSPS) is 17.0. The lowest BCUT2D eigenvalue weighted by Gasteiger charge is -2.32. The Labute approximate surface area is 194 Å². The second-order valence-electron chi connectivity index (χ2n) is 7.04. The van der Waals surface area contributed by atoms with Crippen LogP contribution in [0.5, 0.6) is 0 Å². The van der Waals surface area contributed by atoms with Crippen LogP contribution in [0.2, 0.25) is 0 Å².